The van der Waals surface area contributed by atoms with E-state index in [4.69, 9.17) is 5.73 Å². The van der Waals surface area contributed by atoms with Crippen molar-refractivity contribution in [1.29, 1.82) is 0 Å². The zero-order valence-corrected chi connectivity index (χ0v) is 13.3. The van der Waals surface area contributed by atoms with E-state index in [1.807, 2.05) is 0 Å². The number of anilines is 1. The number of hydrogen-bond acceptors (Lipinski definition) is 3. The van der Waals surface area contributed by atoms with Gasteiger partial charge in [-0.05, 0) is 12.1 Å². The fourth-order valence-corrected chi connectivity index (χ4v) is 2.27. The Morgan fingerprint density at radius 2 is 1.54 bits per heavy atom. The lowest BCUT2D eigenvalue weighted by Crippen LogP contribution is -2.28. The first-order valence-corrected chi connectivity index (χ1v) is 6.99. The van der Waals surface area contributed by atoms with Gasteiger partial charge >= 0.3 is 18.5 Å². The molecule has 13 heteroatoms. The van der Waals surface area contributed by atoms with E-state index in [0.29, 0.717) is 6.20 Å². The molecule has 0 atom stereocenters. The van der Waals surface area contributed by atoms with Crippen LogP contribution in [0.3, 0.4) is 0 Å². The number of halogens is 9. The van der Waals surface area contributed by atoms with Crippen molar-refractivity contribution < 1.29 is 39.5 Å². The molecule has 0 saturated carbocycles. The Morgan fingerprint density at radius 3 is 1.96 bits per heavy atom. The van der Waals surface area contributed by atoms with Gasteiger partial charge in [0.1, 0.15) is 11.5 Å². The van der Waals surface area contributed by atoms with Crippen molar-refractivity contribution in [3.05, 3.63) is 52.0 Å². The van der Waals surface area contributed by atoms with E-state index in [-0.39, 0.29) is 22.8 Å². The maximum absolute atomic E-state index is 13.3. The van der Waals surface area contributed by atoms with E-state index >= 15 is 0 Å². The Balaban J connectivity index is 2.97. The lowest BCUT2D eigenvalue weighted by atomic mass is 10.0. The van der Waals surface area contributed by atoms with Crippen molar-refractivity contribution in [2.75, 3.05) is 5.73 Å². The molecule has 0 aliphatic heterocycles. The lowest BCUT2D eigenvalue weighted by molar-refractivity contribution is -0.142. The molecule has 0 unspecified atom stereocenters. The largest absolute Gasteiger partial charge is 0.435 e. The molecule has 28 heavy (non-hydrogen) atoms. The lowest BCUT2D eigenvalue weighted by Gasteiger charge is -2.19. The van der Waals surface area contributed by atoms with Crippen LogP contribution in [0.4, 0.5) is 45.2 Å². The van der Waals surface area contributed by atoms with E-state index < -0.39 is 58.0 Å². The summed E-state index contributed by atoms with van der Waals surface area (Å²) in [6, 6.07) is 0.191. The van der Waals surface area contributed by atoms with Crippen LogP contribution in [0.15, 0.2) is 29.6 Å². The Hall–Kier alpha value is -2.99. The van der Waals surface area contributed by atoms with Gasteiger partial charge in [-0.1, -0.05) is 12.6 Å². The number of rotatable bonds is 2. The van der Waals surface area contributed by atoms with Crippen molar-refractivity contribution in [2.45, 2.75) is 18.5 Å². The molecule has 1 heterocycles. The Morgan fingerprint density at radius 1 is 0.964 bits per heavy atom. The molecule has 0 radical (unpaired) electrons. The minimum atomic E-state index is -5.40. The summed E-state index contributed by atoms with van der Waals surface area (Å²) in [6.07, 6.45) is -15.3. The number of hydrogen-bond donors (Lipinski definition) is 1. The minimum absolute atomic E-state index is 0.183. The summed E-state index contributed by atoms with van der Waals surface area (Å²) >= 11 is 0. The highest BCUT2D eigenvalue weighted by Gasteiger charge is 2.41. The summed E-state index contributed by atoms with van der Waals surface area (Å²) < 4.78 is 117. The number of aromatic nitrogens is 2. The number of alkyl halides is 9. The standard InChI is InChI=1S/C15H8F9N3O/c1-2-27-11(26-10(15(22,23)24)9(25)12(27)28)7-4-3-6(13(16,17)18)5-8(7)14(19,20)21/h2-5H,1,25H2. The second-order valence-electron chi connectivity index (χ2n) is 5.31. The normalized spacial score (nSPS) is 12.9. The molecule has 0 aliphatic rings. The third-order valence-electron chi connectivity index (χ3n) is 3.49. The van der Waals surface area contributed by atoms with Gasteiger partial charge in [-0.3, -0.25) is 9.36 Å². The first-order valence-electron chi connectivity index (χ1n) is 6.99. The van der Waals surface area contributed by atoms with Crippen molar-refractivity contribution in [1.82, 2.24) is 9.55 Å². The molecule has 0 saturated heterocycles. The topological polar surface area (TPSA) is 60.9 Å². The maximum Gasteiger partial charge on any atom is 0.435 e. The van der Waals surface area contributed by atoms with Crippen LogP contribution < -0.4 is 11.3 Å². The van der Waals surface area contributed by atoms with E-state index in [0.717, 1.165) is 0 Å². The van der Waals surface area contributed by atoms with Crippen molar-refractivity contribution in [3.8, 4) is 11.4 Å². The van der Waals surface area contributed by atoms with Gasteiger partial charge in [0.2, 0.25) is 0 Å². The third-order valence-corrected chi connectivity index (χ3v) is 3.49. The number of nitrogen functional groups attached to an aromatic ring is 1. The van der Waals surface area contributed by atoms with Gasteiger partial charge in [-0.2, -0.15) is 39.5 Å². The second-order valence-corrected chi connectivity index (χ2v) is 5.31. The highest BCUT2D eigenvalue weighted by molar-refractivity contribution is 5.66. The molecule has 0 spiro atoms. The fraction of sp³-hybridized carbons (Fsp3) is 0.200. The molecule has 1 aromatic heterocycles. The number of nitrogens with two attached hydrogens (primary N) is 1. The Labute approximate surface area is 149 Å². The molecule has 2 N–H and O–H groups in total. The van der Waals surface area contributed by atoms with E-state index in [1.165, 1.54) is 0 Å². The van der Waals surface area contributed by atoms with Crippen molar-refractivity contribution >= 4 is 11.9 Å². The third kappa shape index (κ3) is 3.82. The van der Waals surface area contributed by atoms with Crippen LogP contribution >= 0.6 is 0 Å². The molecule has 4 nitrogen and oxygen atoms in total. The van der Waals surface area contributed by atoms with Crippen LogP contribution in [0, 0.1) is 0 Å². The smallest absolute Gasteiger partial charge is 0.392 e. The van der Waals surface area contributed by atoms with Crippen LogP contribution in [0.5, 0.6) is 0 Å². The molecule has 2 aromatic rings. The fourth-order valence-electron chi connectivity index (χ4n) is 2.27. The zero-order valence-electron chi connectivity index (χ0n) is 13.3. The predicted molar refractivity (Wildman–Crippen MR) is 79.7 cm³/mol. The zero-order chi connectivity index (χ0) is 21.7. The monoisotopic (exact) mass is 417 g/mol. The van der Waals surface area contributed by atoms with Gasteiger partial charge in [-0.25, -0.2) is 4.98 Å². The van der Waals surface area contributed by atoms with E-state index in [2.05, 4.69) is 11.6 Å². The van der Waals surface area contributed by atoms with Crippen LogP contribution in [0.1, 0.15) is 16.8 Å². The molecule has 152 valence electrons. The predicted octanol–water partition coefficient (Wildman–Crippen LogP) is 4.65. The van der Waals surface area contributed by atoms with Crippen LogP contribution in [0.25, 0.3) is 17.6 Å². The molecule has 0 bridgehead atoms. The van der Waals surface area contributed by atoms with Crippen LogP contribution in [-0.4, -0.2) is 9.55 Å². The quantitative estimate of drug-likeness (QED) is 0.724. The second kappa shape index (κ2) is 6.56. The number of benzene rings is 1. The van der Waals surface area contributed by atoms with E-state index in [1.54, 1.807) is 0 Å². The molecular weight excluding hydrogens is 409 g/mol. The van der Waals surface area contributed by atoms with Crippen LogP contribution in [0.2, 0.25) is 0 Å². The average Bonchev–Trinajstić information content (AvgIpc) is 2.53. The van der Waals surface area contributed by atoms with Crippen molar-refractivity contribution in [2.24, 2.45) is 0 Å². The van der Waals surface area contributed by atoms with Crippen molar-refractivity contribution in [3.63, 3.8) is 0 Å². The van der Waals surface area contributed by atoms with E-state index in [9.17, 15) is 44.3 Å². The van der Waals surface area contributed by atoms with Gasteiger partial charge in [0.15, 0.2) is 5.69 Å². The highest BCUT2D eigenvalue weighted by Crippen LogP contribution is 2.41. The molecule has 0 fully saturated rings. The SMILES string of the molecule is C=Cn1c(-c2ccc(C(F)(F)F)cc2C(F)(F)F)nc(C(F)(F)F)c(N)c1=O. The molecule has 1 aromatic carbocycles. The average molecular weight is 417 g/mol. The molecular formula is C15H8F9N3O. The summed E-state index contributed by atoms with van der Waals surface area (Å²) in [5, 5.41) is 0. The van der Waals surface area contributed by atoms with Gasteiger partial charge in [0.05, 0.1) is 11.1 Å². The molecule has 0 aliphatic carbocycles. The van der Waals surface area contributed by atoms with Gasteiger partial charge < -0.3 is 5.73 Å². The number of nitrogens with zero attached hydrogens (tertiary/aromatic N) is 2. The summed E-state index contributed by atoms with van der Waals surface area (Å²) in [5.41, 5.74) is -4.73. The summed E-state index contributed by atoms with van der Waals surface area (Å²) in [7, 11) is 0. The van der Waals surface area contributed by atoms with Crippen LogP contribution in [-0.2, 0) is 18.5 Å². The Kier molecular flexibility index (Phi) is 5.00. The van der Waals surface area contributed by atoms with Gasteiger partial charge in [-0.15, -0.1) is 0 Å². The first-order chi connectivity index (χ1) is 12.6. The highest BCUT2D eigenvalue weighted by atomic mass is 19.4. The van der Waals surface area contributed by atoms with Gasteiger partial charge in [0.25, 0.3) is 5.56 Å². The van der Waals surface area contributed by atoms with Gasteiger partial charge in [0, 0.05) is 11.8 Å². The Bertz CT molecular complexity index is 984. The summed E-state index contributed by atoms with van der Waals surface area (Å²) in [5.74, 6) is -1.22. The first kappa shape index (κ1) is 21.3. The summed E-state index contributed by atoms with van der Waals surface area (Å²) in [4.78, 5) is 15.0. The summed E-state index contributed by atoms with van der Waals surface area (Å²) in [6.45, 7) is 3.08. The maximum atomic E-state index is 13.3. The molecule has 0 amide bonds. The molecule has 2 rings (SSSR count). The minimum Gasteiger partial charge on any atom is -0.392 e.